The number of rotatable bonds is 6. The monoisotopic (exact) mass is 379 g/mol. The van der Waals surface area contributed by atoms with Crippen LogP contribution in [0.5, 0.6) is 0 Å². The normalized spacial score (nSPS) is 26.9. The Morgan fingerprint density at radius 1 is 1.35 bits per heavy atom. The Morgan fingerprint density at radius 3 is 2.85 bits per heavy atom. The molecule has 9 heteroatoms. The van der Waals surface area contributed by atoms with E-state index in [2.05, 4.69) is 15.0 Å². The number of hydrogen-bond acceptors (Lipinski definition) is 5. The zero-order valence-electron chi connectivity index (χ0n) is 14.1. The van der Waals surface area contributed by atoms with Crippen LogP contribution in [0.2, 0.25) is 0 Å². The van der Waals surface area contributed by atoms with Gasteiger partial charge in [-0.1, -0.05) is 6.08 Å². The summed E-state index contributed by atoms with van der Waals surface area (Å²) in [6.07, 6.45) is 8.19. The molecule has 0 spiro atoms. The molecule has 0 aromatic carbocycles. The number of aliphatic carboxylic acids is 1. The van der Waals surface area contributed by atoms with E-state index in [1.54, 1.807) is 18.2 Å². The number of fused-ring (bicyclic) bond motifs is 1. The SMILES string of the molecule is O=C1CC2CC(S(=O)(=O)NCCN=C3C=CC(C(=O)O)CC3)=CC=C2N1. The topological polar surface area (TPSA) is 125 Å². The lowest BCUT2D eigenvalue weighted by molar-refractivity contribution is -0.140. The molecule has 0 aromatic heterocycles. The fourth-order valence-electron chi connectivity index (χ4n) is 3.22. The highest BCUT2D eigenvalue weighted by Crippen LogP contribution is 2.32. The molecule has 8 nitrogen and oxygen atoms in total. The molecular weight excluding hydrogens is 358 g/mol. The number of carboxylic acid groups (broad SMARTS) is 1. The van der Waals surface area contributed by atoms with Crippen molar-refractivity contribution in [1.82, 2.24) is 10.0 Å². The zero-order valence-corrected chi connectivity index (χ0v) is 15.0. The highest BCUT2D eigenvalue weighted by atomic mass is 32.2. The summed E-state index contributed by atoms with van der Waals surface area (Å²) in [5.74, 6) is -1.48. The van der Waals surface area contributed by atoms with E-state index in [9.17, 15) is 18.0 Å². The van der Waals surface area contributed by atoms with Crippen molar-refractivity contribution in [2.24, 2.45) is 16.8 Å². The molecule has 1 aliphatic heterocycles. The number of hydrogen-bond donors (Lipinski definition) is 3. The molecule has 2 unspecified atom stereocenters. The highest BCUT2D eigenvalue weighted by Gasteiger charge is 2.32. The zero-order chi connectivity index (χ0) is 18.7. The Morgan fingerprint density at radius 2 is 2.15 bits per heavy atom. The fourth-order valence-corrected chi connectivity index (χ4v) is 4.43. The van der Waals surface area contributed by atoms with Crippen molar-refractivity contribution in [2.75, 3.05) is 13.1 Å². The van der Waals surface area contributed by atoms with Crippen LogP contribution in [0.3, 0.4) is 0 Å². The van der Waals surface area contributed by atoms with E-state index in [1.165, 1.54) is 6.08 Å². The van der Waals surface area contributed by atoms with Crippen molar-refractivity contribution in [1.29, 1.82) is 0 Å². The maximum absolute atomic E-state index is 12.4. The summed E-state index contributed by atoms with van der Waals surface area (Å²) in [4.78, 5) is 26.8. The first-order valence-corrected chi connectivity index (χ1v) is 9.98. The predicted molar refractivity (Wildman–Crippen MR) is 95.8 cm³/mol. The maximum Gasteiger partial charge on any atom is 0.310 e. The quantitative estimate of drug-likeness (QED) is 0.586. The second kappa shape index (κ2) is 7.55. The van der Waals surface area contributed by atoms with Gasteiger partial charge in [0.05, 0.1) is 17.4 Å². The molecule has 1 fully saturated rings. The number of carbonyl (C=O) groups excluding carboxylic acids is 1. The minimum absolute atomic E-state index is 0.0808. The molecule has 3 rings (SSSR count). The number of amides is 1. The minimum Gasteiger partial charge on any atom is -0.481 e. The molecule has 2 atom stereocenters. The lowest BCUT2D eigenvalue weighted by Gasteiger charge is -2.18. The molecule has 0 radical (unpaired) electrons. The summed E-state index contributed by atoms with van der Waals surface area (Å²) in [6.45, 7) is 0.451. The fraction of sp³-hybridized carbons (Fsp3) is 0.471. The number of aliphatic imine (C=N–C) groups is 1. The van der Waals surface area contributed by atoms with Gasteiger partial charge < -0.3 is 10.4 Å². The van der Waals surface area contributed by atoms with Gasteiger partial charge >= 0.3 is 5.97 Å². The van der Waals surface area contributed by atoms with Gasteiger partial charge in [0.1, 0.15) is 0 Å². The van der Waals surface area contributed by atoms with Crippen LogP contribution >= 0.6 is 0 Å². The van der Waals surface area contributed by atoms with E-state index < -0.39 is 21.9 Å². The molecule has 1 saturated heterocycles. The van der Waals surface area contributed by atoms with E-state index in [0.717, 1.165) is 11.4 Å². The molecule has 0 saturated carbocycles. The van der Waals surface area contributed by atoms with Crippen LogP contribution in [0.15, 0.2) is 39.9 Å². The third-order valence-corrected chi connectivity index (χ3v) is 6.24. The first-order chi connectivity index (χ1) is 12.3. The van der Waals surface area contributed by atoms with Gasteiger partial charge in [0, 0.05) is 30.3 Å². The van der Waals surface area contributed by atoms with E-state index in [1.807, 2.05) is 0 Å². The number of allylic oxidation sites excluding steroid dienone is 5. The number of sulfonamides is 1. The molecule has 140 valence electrons. The maximum atomic E-state index is 12.4. The molecule has 2 aliphatic carbocycles. The first kappa shape index (κ1) is 18.5. The number of carboxylic acids is 1. The van der Waals surface area contributed by atoms with Crippen molar-refractivity contribution in [3.05, 3.63) is 34.9 Å². The average Bonchev–Trinajstić information content (AvgIpc) is 2.98. The Kier molecular flexibility index (Phi) is 5.38. The molecule has 3 N–H and O–H groups in total. The smallest absolute Gasteiger partial charge is 0.310 e. The third kappa shape index (κ3) is 4.28. The van der Waals surface area contributed by atoms with E-state index >= 15 is 0 Å². The van der Waals surface area contributed by atoms with Crippen LogP contribution < -0.4 is 10.0 Å². The van der Waals surface area contributed by atoms with Crippen LogP contribution in [0.1, 0.15) is 25.7 Å². The Labute approximate surface area is 151 Å². The van der Waals surface area contributed by atoms with E-state index in [0.29, 0.717) is 25.7 Å². The van der Waals surface area contributed by atoms with Crippen LogP contribution in [-0.2, 0) is 19.6 Å². The summed E-state index contributed by atoms with van der Waals surface area (Å²) in [5, 5.41) is 11.7. The van der Waals surface area contributed by atoms with Gasteiger partial charge in [-0.3, -0.25) is 14.6 Å². The van der Waals surface area contributed by atoms with Gasteiger partial charge in [0.15, 0.2) is 0 Å². The molecule has 0 bridgehead atoms. The van der Waals surface area contributed by atoms with Gasteiger partial charge in [-0.2, -0.15) is 0 Å². The molecule has 0 aromatic rings. The van der Waals surface area contributed by atoms with E-state index in [4.69, 9.17) is 5.11 Å². The molecule has 1 heterocycles. The van der Waals surface area contributed by atoms with Gasteiger partial charge in [-0.05, 0) is 37.5 Å². The summed E-state index contributed by atoms with van der Waals surface area (Å²) >= 11 is 0. The van der Waals surface area contributed by atoms with Gasteiger partial charge in [0.2, 0.25) is 15.9 Å². The van der Waals surface area contributed by atoms with E-state index in [-0.39, 0.29) is 29.8 Å². The van der Waals surface area contributed by atoms with Crippen molar-refractivity contribution in [3.63, 3.8) is 0 Å². The lowest BCUT2D eigenvalue weighted by atomic mass is 9.95. The van der Waals surface area contributed by atoms with Gasteiger partial charge in [-0.25, -0.2) is 13.1 Å². The van der Waals surface area contributed by atoms with Gasteiger partial charge in [0.25, 0.3) is 0 Å². The van der Waals surface area contributed by atoms with Crippen molar-refractivity contribution >= 4 is 27.6 Å². The van der Waals surface area contributed by atoms with Crippen LogP contribution in [-0.4, -0.2) is 44.2 Å². The average molecular weight is 379 g/mol. The summed E-state index contributed by atoms with van der Waals surface area (Å²) in [5.41, 5.74) is 1.56. The Hall–Kier alpha value is -2.26. The molecule has 26 heavy (non-hydrogen) atoms. The second-order valence-electron chi connectivity index (χ2n) is 6.52. The number of nitrogens with one attached hydrogen (secondary N) is 2. The highest BCUT2D eigenvalue weighted by molar-refractivity contribution is 7.93. The Balaban J connectivity index is 1.51. The third-order valence-electron chi connectivity index (χ3n) is 4.67. The van der Waals surface area contributed by atoms with Crippen LogP contribution in [0.4, 0.5) is 0 Å². The molecule has 1 amide bonds. The summed E-state index contributed by atoms with van der Waals surface area (Å²) in [6, 6.07) is 0. The van der Waals surface area contributed by atoms with Crippen molar-refractivity contribution in [3.8, 4) is 0 Å². The second-order valence-corrected chi connectivity index (χ2v) is 8.34. The Bertz CT molecular complexity index is 838. The largest absolute Gasteiger partial charge is 0.481 e. The van der Waals surface area contributed by atoms with Crippen molar-refractivity contribution in [2.45, 2.75) is 25.7 Å². The van der Waals surface area contributed by atoms with Gasteiger partial charge in [-0.15, -0.1) is 0 Å². The van der Waals surface area contributed by atoms with Crippen molar-refractivity contribution < 1.29 is 23.1 Å². The molecular formula is C17H21N3O5S. The summed E-state index contributed by atoms with van der Waals surface area (Å²) in [7, 11) is -3.60. The number of nitrogens with zero attached hydrogens (tertiary/aromatic N) is 1. The summed E-state index contributed by atoms with van der Waals surface area (Å²) < 4.78 is 27.3. The van der Waals surface area contributed by atoms with Crippen LogP contribution in [0, 0.1) is 11.8 Å². The lowest BCUT2D eigenvalue weighted by Crippen LogP contribution is -2.29. The first-order valence-electron chi connectivity index (χ1n) is 8.50. The molecule has 3 aliphatic rings. The standard InChI is InChI=1S/C17H21N3O5S/c21-16-10-12-9-14(5-6-15(12)20-16)26(24,25)19-8-7-18-13-3-1-11(2-4-13)17(22)23/h1,3,5-6,11-12,19H,2,4,7-10H2,(H,20,21)(H,22,23). The predicted octanol–water partition coefficient (Wildman–Crippen LogP) is 0.705. The minimum atomic E-state index is -3.60. The van der Waals surface area contributed by atoms with Crippen LogP contribution in [0.25, 0.3) is 0 Å². The number of carbonyl (C=O) groups is 2.